The van der Waals surface area contributed by atoms with E-state index in [9.17, 15) is 9.59 Å². The number of piperidine rings is 1. The third-order valence-corrected chi connectivity index (χ3v) is 2.97. The summed E-state index contributed by atoms with van der Waals surface area (Å²) in [7, 11) is 0. The molecule has 1 rings (SSSR count). The van der Waals surface area contributed by atoms with Crippen LogP contribution in [0.25, 0.3) is 0 Å². The number of likely N-dealkylation sites (tertiary alicyclic amines) is 1. The predicted molar refractivity (Wildman–Crippen MR) is 58.1 cm³/mol. The number of amides is 1. The first-order valence-electron chi connectivity index (χ1n) is 5.25. The number of rotatable bonds is 3. The number of nitrogens with zero attached hydrogens (tertiary/aromatic N) is 1. The molecule has 0 aromatic carbocycles. The molecule has 1 saturated heterocycles. The van der Waals surface area contributed by atoms with Gasteiger partial charge in [-0.25, -0.2) is 4.79 Å². The molecule has 1 N–H and O–H groups in total. The van der Waals surface area contributed by atoms with Crippen LogP contribution in [0, 0.1) is 5.41 Å². The molecule has 1 fully saturated rings. The first-order chi connectivity index (χ1) is 7.49. The van der Waals surface area contributed by atoms with Gasteiger partial charge in [0.05, 0.1) is 5.41 Å². The quantitative estimate of drug-likeness (QED) is 0.742. The first kappa shape index (κ1) is 12.5. The average molecular weight is 227 g/mol. The lowest BCUT2D eigenvalue weighted by molar-refractivity contribution is -0.150. The molecule has 5 heteroatoms. The second-order valence-corrected chi connectivity index (χ2v) is 4.22. The van der Waals surface area contributed by atoms with E-state index in [1.54, 1.807) is 6.92 Å². The molecule has 1 aliphatic heterocycles. The second-order valence-electron chi connectivity index (χ2n) is 4.22. The van der Waals surface area contributed by atoms with Crippen LogP contribution in [0.15, 0.2) is 12.7 Å². The molecule has 0 atom stereocenters. The molecule has 5 nitrogen and oxygen atoms in total. The van der Waals surface area contributed by atoms with Gasteiger partial charge in [0, 0.05) is 13.1 Å². The van der Waals surface area contributed by atoms with Gasteiger partial charge in [0.1, 0.15) is 6.61 Å². The smallest absolute Gasteiger partial charge is 0.410 e. The largest absolute Gasteiger partial charge is 0.481 e. The van der Waals surface area contributed by atoms with Crippen molar-refractivity contribution in [3.8, 4) is 0 Å². The predicted octanol–water partition coefficient (Wildman–Crippen LogP) is 1.50. The van der Waals surface area contributed by atoms with Crippen LogP contribution in [0.5, 0.6) is 0 Å². The monoisotopic (exact) mass is 227 g/mol. The zero-order valence-corrected chi connectivity index (χ0v) is 9.44. The van der Waals surface area contributed by atoms with Crippen molar-refractivity contribution in [1.29, 1.82) is 0 Å². The molecule has 0 bridgehead atoms. The number of carbonyl (C=O) groups excluding carboxylic acids is 1. The molecule has 0 aromatic heterocycles. The topological polar surface area (TPSA) is 66.8 Å². The summed E-state index contributed by atoms with van der Waals surface area (Å²) in [6.45, 7) is 6.21. The number of carboxylic acid groups (broad SMARTS) is 1. The maximum absolute atomic E-state index is 11.4. The summed E-state index contributed by atoms with van der Waals surface area (Å²) in [5, 5.41) is 9.02. The normalized spacial score (nSPS) is 18.9. The van der Waals surface area contributed by atoms with E-state index in [0.29, 0.717) is 25.9 Å². The number of carbonyl (C=O) groups is 2. The average Bonchev–Trinajstić information content (AvgIpc) is 2.26. The van der Waals surface area contributed by atoms with Crippen LogP contribution < -0.4 is 0 Å². The Morgan fingerprint density at radius 3 is 2.50 bits per heavy atom. The summed E-state index contributed by atoms with van der Waals surface area (Å²) in [4.78, 5) is 24.0. The maximum Gasteiger partial charge on any atom is 0.410 e. The number of aliphatic carboxylic acids is 1. The summed E-state index contributed by atoms with van der Waals surface area (Å²) in [6, 6.07) is 0. The van der Waals surface area contributed by atoms with Crippen molar-refractivity contribution in [3.63, 3.8) is 0 Å². The fraction of sp³-hybridized carbons (Fsp3) is 0.636. The molecule has 0 radical (unpaired) electrons. The zero-order chi connectivity index (χ0) is 12.2. The highest BCUT2D eigenvalue weighted by Crippen LogP contribution is 2.31. The summed E-state index contributed by atoms with van der Waals surface area (Å²) in [6.07, 6.45) is 2.03. The van der Waals surface area contributed by atoms with E-state index in [-0.39, 0.29) is 6.61 Å². The summed E-state index contributed by atoms with van der Waals surface area (Å²) >= 11 is 0. The highest BCUT2D eigenvalue weighted by molar-refractivity contribution is 5.75. The molecule has 0 spiro atoms. The minimum absolute atomic E-state index is 0.186. The molecular formula is C11H17NO4. The molecule has 1 aliphatic rings. The lowest BCUT2D eigenvalue weighted by Gasteiger charge is -2.35. The number of hydrogen-bond donors (Lipinski definition) is 1. The minimum atomic E-state index is -0.799. The fourth-order valence-corrected chi connectivity index (χ4v) is 1.62. The third kappa shape index (κ3) is 2.74. The molecule has 0 unspecified atom stereocenters. The molecular weight excluding hydrogens is 210 g/mol. The lowest BCUT2D eigenvalue weighted by atomic mass is 9.81. The van der Waals surface area contributed by atoms with Gasteiger partial charge in [-0.15, -0.1) is 0 Å². The standard InChI is InChI=1S/C11H17NO4/c1-3-8-16-10(15)12-6-4-11(2,5-7-12)9(13)14/h3H,1,4-8H2,2H3,(H,13,14). The maximum atomic E-state index is 11.4. The van der Waals surface area contributed by atoms with Crippen LogP contribution >= 0.6 is 0 Å². The van der Waals surface area contributed by atoms with E-state index in [2.05, 4.69) is 6.58 Å². The van der Waals surface area contributed by atoms with Crippen LogP contribution in [0.4, 0.5) is 4.79 Å². The van der Waals surface area contributed by atoms with Crippen LogP contribution in [0.2, 0.25) is 0 Å². The molecule has 0 aromatic rings. The van der Waals surface area contributed by atoms with Gasteiger partial charge >= 0.3 is 12.1 Å². The first-order valence-corrected chi connectivity index (χ1v) is 5.25. The van der Waals surface area contributed by atoms with E-state index in [1.165, 1.54) is 11.0 Å². The Balaban J connectivity index is 2.45. The highest BCUT2D eigenvalue weighted by Gasteiger charge is 2.38. The Morgan fingerprint density at radius 2 is 2.06 bits per heavy atom. The van der Waals surface area contributed by atoms with Gasteiger partial charge in [0.2, 0.25) is 0 Å². The Morgan fingerprint density at radius 1 is 1.50 bits per heavy atom. The van der Waals surface area contributed by atoms with Crippen LogP contribution in [0.3, 0.4) is 0 Å². The van der Waals surface area contributed by atoms with Crippen molar-refractivity contribution in [1.82, 2.24) is 4.90 Å². The molecule has 90 valence electrons. The highest BCUT2D eigenvalue weighted by atomic mass is 16.6. The Hall–Kier alpha value is -1.52. The van der Waals surface area contributed by atoms with E-state index < -0.39 is 17.5 Å². The minimum Gasteiger partial charge on any atom is -0.481 e. The number of hydrogen-bond acceptors (Lipinski definition) is 3. The number of carboxylic acids is 1. The summed E-state index contributed by atoms with van der Waals surface area (Å²) < 4.78 is 4.88. The number of ether oxygens (including phenoxy) is 1. The van der Waals surface area contributed by atoms with Gasteiger partial charge in [0.15, 0.2) is 0 Å². The van der Waals surface area contributed by atoms with Crippen molar-refractivity contribution in [2.24, 2.45) is 5.41 Å². The zero-order valence-electron chi connectivity index (χ0n) is 9.44. The van der Waals surface area contributed by atoms with Gasteiger partial charge in [-0.05, 0) is 19.8 Å². The molecule has 1 heterocycles. The van der Waals surface area contributed by atoms with Gasteiger partial charge in [0.25, 0.3) is 0 Å². The summed E-state index contributed by atoms with van der Waals surface area (Å²) in [5.41, 5.74) is -0.713. The molecule has 16 heavy (non-hydrogen) atoms. The molecule has 0 aliphatic carbocycles. The Kier molecular flexibility index (Phi) is 3.93. The van der Waals surface area contributed by atoms with Gasteiger partial charge in [-0.2, -0.15) is 0 Å². The van der Waals surface area contributed by atoms with Crippen molar-refractivity contribution in [3.05, 3.63) is 12.7 Å². The Labute approximate surface area is 94.7 Å². The van der Waals surface area contributed by atoms with Crippen LogP contribution in [0.1, 0.15) is 19.8 Å². The van der Waals surface area contributed by atoms with Gasteiger partial charge in [-0.1, -0.05) is 12.7 Å². The van der Waals surface area contributed by atoms with E-state index in [1.807, 2.05) is 0 Å². The van der Waals surface area contributed by atoms with Crippen molar-refractivity contribution < 1.29 is 19.4 Å². The van der Waals surface area contributed by atoms with E-state index in [0.717, 1.165) is 0 Å². The van der Waals surface area contributed by atoms with Crippen molar-refractivity contribution in [2.45, 2.75) is 19.8 Å². The Bertz CT molecular complexity index is 292. The van der Waals surface area contributed by atoms with Crippen molar-refractivity contribution in [2.75, 3.05) is 19.7 Å². The van der Waals surface area contributed by atoms with E-state index in [4.69, 9.17) is 9.84 Å². The van der Waals surface area contributed by atoms with Crippen LogP contribution in [-0.2, 0) is 9.53 Å². The van der Waals surface area contributed by atoms with Gasteiger partial charge < -0.3 is 14.7 Å². The van der Waals surface area contributed by atoms with E-state index >= 15 is 0 Å². The van der Waals surface area contributed by atoms with Crippen LogP contribution in [-0.4, -0.2) is 41.8 Å². The molecule has 1 amide bonds. The summed E-state index contributed by atoms with van der Waals surface area (Å²) in [5.74, 6) is -0.799. The SMILES string of the molecule is C=CCOC(=O)N1CCC(C)(C(=O)O)CC1. The third-order valence-electron chi connectivity index (χ3n) is 2.97. The lowest BCUT2D eigenvalue weighted by Crippen LogP contribution is -2.45. The van der Waals surface area contributed by atoms with Gasteiger partial charge in [-0.3, -0.25) is 4.79 Å². The second kappa shape index (κ2) is 5.01. The fourth-order valence-electron chi connectivity index (χ4n) is 1.62. The molecule has 0 saturated carbocycles. The van der Waals surface area contributed by atoms with Crippen molar-refractivity contribution >= 4 is 12.1 Å².